The number of aryl methyl sites for hydroxylation is 2. The second-order valence-electron chi connectivity index (χ2n) is 7.91. The average molecular weight is 492 g/mol. The summed E-state index contributed by atoms with van der Waals surface area (Å²) in [4.78, 5) is 21.3. The third kappa shape index (κ3) is 4.96. The first kappa shape index (κ1) is 24.2. The minimum atomic E-state index is -4.04. The van der Waals surface area contributed by atoms with Crippen LogP contribution in [0, 0.1) is 0 Å². The molecular weight excluding hydrogens is 466 g/mol. The maximum absolute atomic E-state index is 13.5. The van der Waals surface area contributed by atoms with Crippen LogP contribution in [0.4, 0.5) is 5.69 Å². The van der Waals surface area contributed by atoms with E-state index in [1.54, 1.807) is 12.1 Å². The van der Waals surface area contributed by atoms with Crippen molar-refractivity contribution in [3.63, 3.8) is 0 Å². The highest BCUT2D eigenvalue weighted by atomic mass is 32.2. The molecule has 1 heterocycles. The van der Waals surface area contributed by atoms with Crippen LogP contribution in [0.15, 0.2) is 83.9 Å². The lowest BCUT2D eigenvalue weighted by molar-refractivity contribution is 0.0504. The number of benzene rings is 3. The Balaban J connectivity index is 1.81. The molecule has 1 aromatic heterocycles. The van der Waals surface area contributed by atoms with Crippen molar-refractivity contribution in [2.45, 2.75) is 17.7 Å². The van der Waals surface area contributed by atoms with Gasteiger partial charge in [0.1, 0.15) is 11.3 Å². The van der Waals surface area contributed by atoms with Crippen molar-refractivity contribution < 1.29 is 22.8 Å². The van der Waals surface area contributed by atoms with E-state index in [9.17, 15) is 13.2 Å². The van der Waals surface area contributed by atoms with Crippen molar-refractivity contribution in [2.75, 3.05) is 18.5 Å². The highest BCUT2D eigenvalue weighted by Crippen LogP contribution is 2.34. The topological polar surface area (TPSA) is 112 Å². The molecule has 0 aliphatic rings. The van der Waals surface area contributed by atoms with Crippen molar-refractivity contribution in [2.24, 2.45) is 5.90 Å². The molecule has 0 amide bonds. The van der Waals surface area contributed by atoms with E-state index < -0.39 is 16.0 Å². The van der Waals surface area contributed by atoms with Gasteiger partial charge < -0.3 is 9.57 Å². The molecule has 2 N–H and O–H groups in total. The van der Waals surface area contributed by atoms with Gasteiger partial charge in [-0.3, -0.25) is 9.29 Å². The van der Waals surface area contributed by atoms with Crippen molar-refractivity contribution in [3.05, 3.63) is 95.7 Å². The molecule has 0 fully saturated rings. The number of hydrogen-bond donors (Lipinski definition) is 1. The van der Waals surface area contributed by atoms with Gasteiger partial charge in [-0.15, -0.1) is 0 Å². The lowest BCUT2D eigenvalue weighted by Gasteiger charge is -2.23. The highest BCUT2D eigenvalue weighted by molar-refractivity contribution is 7.92. The van der Waals surface area contributed by atoms with Gasteiger partial charge in [0.15, 0.2) is 0 Å². The van der Waals surface area contributed by atoms with Gasteiger partial charge in [-0.05, 0) is 60.4 Å². The van der Waals surface area contributed by atoms with E-state index in [4.69, 9.17) is 10.6 Å². The molecule has 35 heavy (non-hydrogen) atoms. The van der Waals surface area contributed by atoms with Crippen LogP contribution in [0.3, 0.4) is 0 Å². The molecule has 180 valence electrons. The van der Waals surface area contributed by atoms with Crippen LogP contribution >= 0.6 is 0 Å². The van der Waals surface area contributed by atoms with Crippen LogP contribution in [-0.2, 0) is 27.7 Å². The highest BCUT2D eigenvalue weighted by Gasteiger charge is 2.28. The molecule has 0 bridgehead atoms. The lowest BCUT2D eigenvalue weighted by atomic mass is 10.0. The molecule has 0 saturated carbocycles. The third-order valence-corrected chi connectivity index (χ3v) is 7.58. The van der Waals surface area contributed by atoms with Crippen molar-refractivity contribution >= 4 is 32.6 Å². The van der Waals surface area contributed by atoms with Crippen LogP contribution in [0.5, 0.6) is 5.75 Å². The van der Waals surface area contributed by atoms with E-state index in [0.29, 0.717) is 16.7 Å². The molecule has 4 rings (SSSR count). The number of rotatable bonds is 8. The third-order valence-electron chi connectivity index (χ3n) is 5.81. The molecule has 0 atom stereocenters. The van der Waals surface area contributed by atoms with Crippen LogP contribution < -0.4 is 14.9 Å². The number of pyridine rings is 1. The summed E-state index contributed by atoms with van der Waals surface area (Å²) in [5, 5.41) is 0.498. The fraction of sp³-hybridized carbons (Fsp3) is 0.154. The van der Waals surface area contributed by atoms with Crippen molar-refractivity contribution in [1.29, 1.82) is 0 Å². The zero-order chi connectivity index (χ0) is 25.0. The second-order valence-corrected chi connectivity index (χ2v) is 9.88. The Labute approximate surface area is 203 Å². The summed E-state index contributed by atoms with van der Waals surface area (Å²) in [6.45, 7) is 0. The normalized spacial score (nSPS) is 11.3. The van der Waals surface area contributed by atoms with Gasteiger partial charge in [-0.25, -0.2) is 13.2 Å². The first-order valence-electron chi connectivity index (χ1n) is 10.8. The maximum atomic E-state index is 13.5. The van der Waals surface area contributed by atoms with Crippen LogP contribution in [0.2, 0.25) is 0 Å². The number of methoxy groups -OCH3 is 1. The fourth-order valence-corrected chi connectivity index (χ4v) is 5.13. The Hall–Kier alpha value is -3.95. The van der Waals surface area contributed by atoms with E-state index >= 15 is 0 Å². The van der Waals surface area contributed by atoms with Gasteiger partial charge in [0.05, 0.1) is 23.2 Å². The summed E-state index contributed by atoms with van der Waals surface area (Å²) >= 11 is 0. The molecule has 0 aliphatic carbocycles. The molecule has 0 radical (unpaired) electrons. The Morgan fingerprint density at radius 2 is 1.66 bits per heavy atom. The molecule has 0 spiro atoms. The summed E-state index contributed by atoms with van der Waals surface area (Å²) in [5.74, 6) is 4.79. The Kier molecular flexibility index (Phi) is 6.99. The van der Waals surface area contributed by atoms with Gasteiger partial charge in [0.25, 0.3) is 10.0 Å². The lowest BCUT2D eigenvalue weighted by Crippen LogP contribution is -2.29. The van der Waals surface area contributed by atoms with Crippen LogP contribution in [-0.4, -0.2) is 33.5 Å². The fourth-order valence-electron chi connectivity index (χ4n) is 3.89. The molecule has 8 nitrogen and oxygen atoms in total. The van der Waals surface area contributed by atoms with E-state index in [1.165, 1.54) is 38.1 Å². The standard InChI is InChI=1S/C26H25N3O5S/c1-29(35(31,32)21-13-11-20(33-2)12-14-21)25-22-16-19(9-8-18-6-4-3-5-7-18)10-15-24(22)28-17-23(25)26(30)34-27/h3-7,10-17H,8-9,27H2,1-2H3. The Bertz CT molecular complexity index is 1460. The van der Waals surface area contributed by atoms with Crippen LogP contribution in [0.25, 0.3) is 10.9 Å². The number of aromatic nitrogens is 1. The molecule has 9 heteroatoms. The van der Waals surface area contributed by atoms with Gasteiger partial charge in [0.2, 0.25) is 0 Å². The minimum absolute atomic E-state index is 0.0399. The van der Waals surface area contributed by atoms with Gasteiger partial charge >= 0.3 is 5.97 Å². The number of anilines is 1. The quantitative estimate of drug-likeness (QED) is 0.372. The number of ether oxygens (including phenoxy) is 1. The monoisotopic (exact) mass is 491 g/mol. The minimum Gasteiger partial charge on any atom is -0.497 e. The predicted molar refractivity (Wildman–Crippen MR) is 134 cm³/mol. The van der Waals surface area contributed by atoms with Crippen molar-refractivity contribution in [3.8, 4) is 5.75 Å². The van der Waals surface area contributed by atoms with Gasteiger partial charge in [-0.2, -0.15) is 5.90 Å². The van der Waals surface area contributed by atoms with E-state index in [-0.39, 0.29) is 16.1 Å². The van der Waals surface area contributed by atoms with Crippen LogP contribution in [0.1, 0.15) is 21.5 Å². The number of hydrogen-bond acceptors (Lipinski definition) is 7. The number of carbonyl (C=O) groups excluding carboxylic acids is 1. The number of nitrogens with zero attached hydrogens (tertiary/aromatic N) is 2. The maximum Gasteiger partial charge on any atom is 0.360 e. The van der Waals surface area contributed by atoms with Gasteiger partial charge in [-0.1, -0.05) is 36.4 Å². The Morgan fingerprint density at radius 1 is 0.971 bits per heavy atom. The summed E-state index contributed by atoms with van der Waals surface area (Å²) in [5.41, 5.74) is 2.78. The summed E-state index contributed by atoms with van der Waals surface area (Å²) in [6.07, 6.45) is 2.80. The summed E-state index contributed by atoms with van der Waals surface area (Å²) < 4.78 is 33.2. The molecule has 0 unspecified atom stereocenters. The van der Waals surface area contributed by atoms with E-state index in [0.717, 1.165) is 22.7 Å². The van der Waals surface area contributed by atoms with Crippen molar-refractivity contribution in [1.82, 2.24) is 4.98 Å². The first-order valence-corrected chi connectivity index (χ1v) is 12.3. The molecule has 0 saturated heterocycles. The average Bonchev–Trinajstić information content (AvgIpc) is 2.90. The number of nitrogens with two attached hydrogens (primary N) is 1. The summed E-state index contributed by atoms with van der Waals surface area (Å²) in [6, 6.07) is 21.7. The molecule has 0 aliphatic heterocycles. The van der Waals surface area contributed by atoms with E-state index in [2.05, 4.69) is 22.0 Å². The largest absolute Gasteiger partial charge is 0.497 e. The first-order chi connectivity index (χ1) is 16.8. The predicted octanol–water partition coefficient (Wildman–Crippen LogP) is 3.88. The molecule has 4 aromatic rings. The number of fused-ring (bicyclic) bond motifs is 1. The number of carbonyl (C=O) groups is 1. The van der Waals surface area contributed by atoms with Gasteiger partial charge in [0, 0.05) is 18.6 Å². The van der Waals surface area contributed by atoms with E-state index in [1.807, 2.05) is 36.4 Å². The molecule has 3 aromatic carbocycles. The zero-order valence-electron chi connectivity index (χ0n) is 19.3. The second kappa shape index (κ2) is 10.1. The molecular formula is C26H25N3O5S. The smallest absolute Gasteiger partial charge is 0.360 e. The summed E-state index contributed by atoms with van der Waals surface area (Å²) in [7, 11) is -1.15. The Morgan fingerprint density at radius 3 is 2.31 bits per heavy atom. The number of sulfonamides is 1. The SMILES string of the molecule is COc1ccc(S(=O)(=O)N(C)c2c(C(=O)ON)cnc3ccc(CCc4ccccc4)cc23)cc1. The zero-order valence-corrected chi connectivity index (χ0v) is 20.2.